The first-order chi connectivity index (χ1) is 7.36. The summed E-state index contributed by atoms with van der Waals surface area (Å²) in [6.45, 7) is 7.29. The third kappa shape index (κ3) is 3.02. The van der Waals surface area contributed by atoms with Gasteiger partial charge >= 0.3 is 0 Å². The van der Waals surface area contributed by atoms with E-state index in [1.807, 2.05) is 14.1 Å². The molecule has 0 aliphatic rings. The molecule has 0 amide bonds. The van der Waals surface area contributed by atoms with Crippen LogP contribution < -0.4 is 0 Å². The number of aromatic nitrogens is 3. The van der Waals surface area contributed by atoms with E-state index < -0.39 is 0 Å². The molecule has 0 aliphatic heterocycles. The summed E-state index contributed by atoms with van der Waals surface area (Å²) in [5.41, 5.74) is 1.10. The summed E-state index contributed by atoms with van der Waals surface area (Å²) in [6, 6.07) is 0.127. The zero-order chi connectivity index (χ0) is 12.3. The molecule has 16 heavy (non-hydrogen) atoms. The molecule has 5 nitrogen and oxygen atoms in total. The summed E-state index contributed by atoms with van der Waals surface area (Å²) < 4.78 is 1.76. The fraction of sp³-hybridized carbons (Fsp3) is 0.818. The second-order valence-corrected chi connectivity index (χ2v) is 5.33. The molecule has 0 aromatic carbocycles. The second kappa shape index (κ2) is 4.93. The van der Waals surface area contributed by atoms with Gasteiger partial charge in [0.1, 0.15) is 0 Å². The Labute approximate surface area is 97.1 Å². The molecule has 1 unspecified atom stereocenters. The molecule has 1 atom stereocenters. The molecule has 1 aromatic rings. The van der Waals surface area contributed by atoms with Gasteiger partial charge in [0.25, 0.3) is 0 Å². The van der Waals surface area contributed by atoms with Crippen LogP contribution >= 0.6 is 0 Å². The van der Waals surface area contributed by atoms with E-state index in [9.17, 15) is 5.11 Å². The Hall–Kier alpha value is -0.940. The summed E-state index contributed by atoms with van der Waals surface area (Å²) in [7, 11) is 3.89. The van der Waals surface area contributed by atoms with Crippen molar-refractivity contribution in [3.63, 3.8) is 0 Å². The van der Waals surface area contributed by atoms with Gasteiger partial charge in [-0.25, -0.2) is 0 Å². The van der Waals surface area contributed by atoms with Gasteiger partial charge in [0.15, 0.2) is 0 Å². The van der Waals surface area contributed by atoms with Crippen molar-refractivity contribution in [3.8, 4) is 0 Å². The average Bonchev–Trinajstić information content (AvgIpc) is 2.50. The van der Waals surface area contributed by atoms with Crippen molar-refractivity contribution in [2.45, 2.75) is 33.4 Å². The highest BCUT2D eigenvalue weighted by Crippen LogP contribution is 2.24. The van der Waals surface area contributed by atoms with Gasteiger partial charge < -0.3 is 5.11 Å². The van der Waals surface area contributed by atoms with E-state index in [4.69, 9.17) is 0 Å². The van der Waals surface area contributed by atoms with Crippen molar-refractivity contribution in [1.29, 1.82) is 0 Å². The molecule has 0 bridgehead atoms. The number of aliphatic hydroxyl groups is 1. The first-order valence-electron chi connectivity index (χ1n) is 5.51. The van der Waals surface area contributed by atoms with E-state index in [0.717, 1.165) is 12.2 Å². The highest BCUT2D eigenvalue weighted by molar-refractivity contribution is 4.94. The van der Waals surface area contributed by atoms with Crippen LogP contribution in [0.15, 0.2) is 6.20 Å². The van der Waals surface area contributed by atoms with E-state index in [2.05, 4.69) is 36.0 Å². The zero-order valence-electron chi connectivity index (χ0n) is 10.8. The van der Waals surface area contributed by atoms with Gasteiger partial charge in [-0.1, -0.05) is 26.0 Å². The normalized spacial score (nSPS) is 14.4. The van der Waals surface area contributed by atoms with Gasteiger partial charge in [0, 0.05) is 19.6 Å². The van der Waals surface area contributed by atoms with Crippen molar-refractivity contribution in [1.82, 2.24) is 19.9 Å². The molecule has 1 aromatic heterocycles. The molecule has 0 radical (unpaired) electrons. The summed E-state index contributed by atoms with van der Waals surface area (Å²) in [6.07, 6.45) is 1.76. The Morgan fingerprint density at radius 2 is 2.12 bits per heavy atom. The molecule has 1 heterocycles. The number of aryl methyl sites for hydroxylation is 1. The Morgan fingerprint density at radius 1 is 1.50 bits per heavy atom. The van der Waals surface area contributed by atoms with E-state index in [1.54, 1.807) is 10.9 Å². The third-order valence-corrected chi connectivity index (χ3v) is 2.92. The molecule has 1 rings (SSSR count). The quantitative estimate of drug-likeness (QED) is 0.819. The predicted molar refractivity (Wildman–Crippen MR) is 62.8 cm³/mol. The van der Waals surface area contributed by atoms with E-state index in [-0.39, 0.29) is 18.1 Å². The topological polar surface area (TPSA) is 54.2 Å². The molecule has 0 saturated carbocycles. The maximum Gasteiger partial charge on any atom is 0.0738 e. The van der Waals surface area contributed by atoms with E-state index in [0.29, 0.717) is 0 Å². The zero-order valence-corrected chi connectivity index (χ0v) is 10.8. The molecule has 1 N–H and O–H groups in total. The van der Waals surface area contributed by atoms with Crippen LogP contribution in [0.1, 0.15) is 26.5 Å². The fourth-order valence-corrected chi connectivity index (χ4v) is 1.89. The SMILES string of the molecule is CN(Cc1cnnn1C)C(CO)C(C)(C)C. The van der Waals surface area contributed by atoms with Crippen LogP contribution in [0.5, 0.6) is 0 Å². The van der Waals surface area contributed by atoms with Gasteiger partial charge in [-0.3, -0.25) is 9.58 Å². The van der Waals surface area contributed by atoms with Gasteiger partial charge in [-0.2, -0.15) is 0 Å². The molecule has 0 aliphatic carbocycles. The number of rotatable bonds is 4. The number of aliphatic hydroxyl groups excluding tert-OH is 1. The smallest absolute Gasteiger partial charge is 0.0738 e. The molecule has 92 valence electrons. The summed E-state index contributed by atoms with van der Waals surface area (Å²) in [4.78, 5) is 2.14. The van der Waals surface area contributed by atoms with E-state index >= 15 is 0 Å². The lowest BCUT2D eigenvalue weighted by molar-refractivity contribution is 0.0599. The largest absolute Gasteiger partial charge is 0.395 e. The first-order valence-corrected chi connectivity index (χ1v) is 5.51. The van der Waals surface area contributed by atoms with Crippen LogP contribution in [-0.2, 0) is 13.6 Å². The number of hydrogen-bond acceptors (Lipinski definition) is 4. The minimum Gasteiger partial charge on any atom is -0.395 e. The molecule has 0 saturated heterocycles. The molecular formula is C11H22N4O. The Balaban J connectivity index is 2.71. The first kappa shape index (κ1) is 13.1. The molecule has 5 heteroatoms. The lowest BCUT2D eigenvalue weighted by atomic mass is 9.86. The highest BCUT2D eigenvalue weighted by Gasteiger charge is 2.27. The van der Waals surface area contributed by atoms with Crippen molar-refractivity contribution >= 4 is 0 Å². The summed E-state index contributed by atoms with van der Waals surface area (Å²) >= 11 is 0. The molecule has 0 fully saturated rings. The minimum absolute atomic E-state index is 0.0511. The van der Waals surface area contributed by atoms with Gasteiger partial charge in [-0.05, 0) is 12.5 Å². The number of likely N-dealkylation sites (N-methyl/N-ethyl adjacent to an activating group) is 1. The maximum atomic E-state index is 9.45. The van der Waals surface area contributed by atoms with Crippen LogP contribution in [-0.4, -0.2) is 44.7 Å². The summed E-state index contributed by atoms with van der Waals surface area (Å²) in [5.74, 6) is 0. The average molecular weight is 226 g/mol. The standard InChI is InChI=1S/C11H22N4O/c1-11(2,3)10(8-16)14(4)7-9-6-12-13-15(9)5/h6,10,16H,7-8H2,1-5H3. The Bertz CT molecular complexity index is 329. The second-order valence-electron chi connectivity index (χ2n) is 5.33. The third-order valence-electron chi connectivity index (χ3n) is 2.92. The van der Waals surface area contributed by atoms with Crippen molar-refractivity contribution in [2.24, 2.45) is 12.5 Å². The number of nitrogens with zero attached hydrogens (tertiary/aromatic N) is 4. The van der Waals surface area contributed by atoms with Gasteiger partial charge in [0.2, 0.25) is 0 Å². The van der Waals surface area contributed by atoms with Crippen LogP contribution in [0.4, 0.5) is 0 Å². The van der Waals surface area contributed by atoms with E-state index in [1.165, 1.54) is 0 Å². The monoisotopic (exact) mass is 226 g/mol. The van der Waals surface area contributed by atoms with Crippen molar-refractivity contribution in [2.75, 3.05) is 13.7 Å². The van der Waals surface area contributed by atoms with Crippen molar-refractivity contribution < 1.29 is 5.11 Å². The molecular weight excluding hydrogens is 204 g/mol. The fourth-order valence-electron chi connectivity index (χ4n) is 1.89. The van der Waals surface area contributed by atoms with Crippen LogP contribution in [0.25, 0.3) is 0 Å². The Kier molecular flexibility index (Phi) is 4.04. The lowest BCUT2D eigenvalue weighted by Gasteiger charge is -2.36. The number of hydrogen-bond donors (Lipinski definition) is 1. The maximum absolute atomic E-state index is 9.45. The lowest BCUT2D eigenvalue weighted by Crippen LogP contribution is -2.44. The minimum atomic E-state index is 0.0511. The molecule has 0 spiro atoms. The van der Waals surface area contributed by atoms with Gasteiger partial charge in [-0.15, -0.1) is 5.10 Å². The highest BCUT2D eigenvalue weighted by atomic mass is 16.3. The van der Waals surface area contributed by atoms with Gasteiger partial charge in [0.05, 0.1) is 18.5 Å². The predicted octanol–water partition coefficient (Wildman–Crippen LogP) is 0.654. The van der Waals surface area contributed by atoms with Crippen LogP contribution in [0.3, 0.4) is 0 Å². The summed E-state index contributed by atoms with van der Waals surface area (Å²) in [5, 5.41) is 17.2. The van der Waals surface area contributed by atoms with Crippen LogP contribution in [0.2, 0.25) is 0 Å². The van der Waals surface area contributed by atoms with Crippen molar-refractivity contribution in [3.05, 3.63) is 11.9 Å². The van der Waals surface area contributed by atoms with Crippen LogP contribution in [0, 0.1) is 5.41 Å². The Morgan fingerprint density at radius 3 is 2.50 bits per heavy atom.